The molecule has 0 aromatic heterocycles. The fraction of sp³-hybridized carbons (Fsp3) is 0.364. The molecule has 0 saturated heterocycles. The van der Waals surface area contributed by atoms with Gasteiger partial charge >= 0.3 is 6.18 Å². The topological polar surface area (TPSA) is 24.1 Å². The van der Waals surface area contributed by atoms with Gasteiger partial charge in [0.2, 0.25) is 0 Å². The Morgan fingerprint density at radius 3 is 2.39 bits per heavy atom. The minimum Gasteiger partial charge on any atom is -0.360 e. The molecule has 0 aliphatic carbocycles. The van der Waals surface area contributed by atoms with Crippen molar-refractivity contribution in [2.45, 2.75) is 26.1 Å². The molecule has 2 N–H and O–H groups in total. The molecule has 1 rings (SSSR count). The highest BCUT2D eigenvalue weighted by Gasteiger charge is 2.30. The summed E-state index contributed by atoms with van der Waals surface area (Å²) < 4.78 is 37.3. The van der Waals surface area contributed by atoms with E-state index in [0.29, 0.717) is 10.8 Å². The maximum atomic E-state index is 12.4. The summed E-state index contributed by atoms with van der Waals surface area (Å²) in [5, 5.41) is 5.93. The zero-order valence-corrected chi connectivity index (χ0v) is 11.3. The Morgan fingerprint density at radius 1 is 1.33 bits per heavy atom. The molecule has 0 radical (unpaired) electrons. The quantitative estimate of drug-likeness (QED) is 0.805. The first-order valence-electron chi connectivity index (χ1n) is 5.14. The molecule has 0 fully saturated rings. The standard InChI is InChI=1S/C11H12ClF3N2S/c1-6(2)16-10(18)17-9-4-3-7(5-8(9)12)11(13,14)15/h3-6H,1-2H3,(H2,16,17,18). The number of rotatable bonds is 2. The molecular weight excluding hydrogens is 285 g/mol. The van der Waals surface area contributed by atoms with Gasteiger partial charge in [0, 0.05) is 6.04 Å². The van der Waals surface area contributed by atoms with Gasteiger partial charge < -0.3 is 10.6 Å². The Balaban J connectivity index is 2.84. The van der Waals surface area contributed by atoms with Gasteiger partial charge in [-0.2, -0.15) is 13.2 Å². The normalized spacial score (nSPS) is 11.5. The maximum Gasteiger partial charge on any atom is 0.416 e. The number of alkyl halides is 3. The molecule has 0 amide bonds. The molecule has 1 aromatic rings. The van der Waals surface area contributed by atoms with Crippen molar-refractivity contribution in [3.8, 4) is 0 Å². The van der Waals surface area contributed by atoms with Crippen LogP contribution < -0.4 is 10.6 Å². The van der Waals surface area contributed by atoms with Gasteiger partial charge in [0.05, 0.1) is 16.3 Å². The summed E-state index contributed by atoms with van der Waals surface area (Å²) in [6.07, 6.45) is -4.40. The van der Waals surface area contributed by atoms with E-state index in [1.807, 2.05) is 13.8 Å². The van der Waals surface area contributed by atoms with Crippen molar-refractivity contribution in [3.63, 3.8) is 0 Å². The molecule has 100 valence electrons. The van der Waals surface area contributed by atoms with E-state index in [-0.39, 0.29) is 11.1 Å². The molecule has 0 aliphatic heterocycles. The van der Waals surface area contributed by atoms with Crippen LogP contribution in [0.15, 0.2) is 18.2 Å². The SMILES string of the molecule is CC(C)NC(=S)Nc1ccc(C(F)(F)F)cc1Cl. The summed E-state index contributed by atoms with van der Waals surface area (Å²) in [6.45, 7) is 3.78. The third-order valence-corrected chi connectivity index (χ3v) is 2.50. The molecule has 0 heterocycles. The largest absolute Gasteiger partial charge is 0.416 e. The molecule has 0 spiro atoms. The van der Waals surface area contributed by atoms with Gasteiger partial charge in [0.1, 0.15) is 0 Å². The molecule has 7 heteroatoms. The molecule has 0 unspecified atom stereocenters. The van der Waals surface area contributed by atoms with E-state index in [4.69, 9.17) is 23.8 Å². The molecule has 2 nitrogen and oxygen atoms in total. The number of anilines is 1. The van der Waals surface area contributed by atoms with Gasteiger partial charge in [0.25, 0.3) is 0 Å². The molecule has 0 saturated carbocycles. The molecule has 0 aliphatic rings. The first-order valence-corrected chi connectivity index (χ1v) is 5.93. The van der Waals surface area contributed by atoms with Gasteiger partial charge in [-0.1, -0.05) is 11.6 Å². The van der Waals surface area contributed by atoms with Crippen molar-refractivity contribution in [2.24, 2.45) is 0 Å². The zero-order chi connectivity index (χ0) is 13.9. The molecule has 18 heavy (non-hydrogen) atoms. The Hall–Kier alpha value is -1.01. The highest BCUT2D eigenvalue weighted by Crippen LogP contribution is 2.33. The highest BCUT2D eigenvalue weighted by molar-refractivity contribution is 7.80. The summed E-state index contributed by atoms with van der Waals surface area (Å²) in [7, 11) is 0. The number of halogens is 4. The van der Waals surface area contributed by atoms with Crippen LogP contribution in [0, 0.1) is 0 Å². The predicted molar refractivity (Wildman–Crippen MR) is 70.9 cm³/mol. The average molecular weight is 297 g/mol. The van der Waals surface area contributed by atoms with Crippen LogP contribution in [0.4, 0.5) is 18.9 Å². The van der Waals surface area contributed by atoms with Crippen LogP contribution >= 0.6 is 23.8 Å². The van der Waals surface area contributed by atoms with Gasteiger partial charge in [-0.05, 0) is 44.3 Å². The second-order valence-electron chi connectivity index (χ2n) is 3.95. The minimum atomic E-state index is -4.40. The van der Waals surface area contributed by atoms with Crippen LogP contribution in [0.5, 0.6) is 0 Å². The van der Waals surface area contributed by atoms with Crippen LogP contribution in [-0.2, 0) is 6.18 Å². The third kappa shape index (κ3) is 4.34. The monoisotopic (exact) mass is 296 g/mol. The summed E-state index contributed by atoms with van der Waals surface area (Å²) in [5.41, 5.74) is -0.455. The van der Waals surface area contributed by atoms with Crippen LogP contribution in [-0.4, -0.2) is 11.2 Å². The Bertz CT molecular complexity index is 446. The predicted octanol–water partition coefficient (Wildman–Crippen LogP) is 4.05. The highest BCUT2D eigenvalue weighted by atomic mass is 35.5. The second-order valence-corrected chi connectivity index (χ2v) is 4.76. The van der Waals surface area contributed by atoms with Crippen LogP contribution in [0.1, 0.15) is 19.4 Å². The minimum absolute atomic E-state index is 0.0299. The first-order chi connectivity index (χ1) is 8.20. The number of hydrogen-bond donors (Lipinski definition) is 2. The van der Waals surface area contributed by atoms with Gasteiger partial charge in [-0.15, -0.1) is 0 Å². The van der Waals surface area contributed by atoms with Gasteiger partial charge in [-0.25, -0.2) is 0 Å². The number of benzene rings is 1. The smallest absolute Gasteiger partial charge is 0.360 e. The Morgan fingerprint density at radius 2 is 1.94 bits per heavy atom. The van der Waals surface area contributed by atoms with Crippen molar-refractivity contribution < 1.29 is 13.2 Å². The molecule has 1 aromatic carbocycles. The third-order valence-electron chi connectivity index (χ3n) is 1.96. The average Bonchev–Trinajstić information content (AvgIpc) is 2.18. The number of thiocarbonyl (C=S) groups is 1. The lowest BCUT2D eigenvalue weighted by atomic mass is 10.2. The van der Waals surface area contributed by atoms with E-state index in [0.717, 1.165) is 12.1 Å². The van der Waals surface area contributed by atoms with Gasteiger partial charge in [0.15, 0.2) is 5.11 Å². The summed E-state index contributed by atoms with van der Waals surface area (Å²) in [4.78, 5) is 0. The van der Waals surface area contributed by atoms with E-state index >= 15 is 0 Å². The lowest BCUT2D eigenvalue weighted by molar-refractivity contribution is -0.137. The molecule has 0 atom stereocenters. The van der Waals surface area contributed by atoms with Crippen molar-refractivity contribution in [1.82, 2.24) is 5.32 Å². The van der Waals surface area contributed by atoms with Crippen molar-refractivity contribution in [1.29, 1.82) is 0 Å². The van der Waals surface area contributed by atoms with Crippen LogP contribution in [0.3, 0.4) is 0 Å². The Labute approximate surface area is 114 Å². The lowest BCUT2D eigenvalue weighted by Gasteiger charge is -2.15. The van der Waals surface area contributed by atoms with Crippen LogP contribution in [0.25, 0.3) is 0 Å². The summed E-state index contributed by atoms with van der Waals surface area (Å²) in [5.74, 6) is 0. The van der Waals surface area contributed by atoms with Crippen molar-refractivity contribution in [2.75, 3.05) is 5.32 Å². The fourth-order valence-corrected chi connectivity index (χ4v) is 1.79. The van der Waals surface area contributed by atoms with Gasteiger partial charge in [-0.3, -0.25) is 0 Å². The number of nitrogens with one attached hydrogen (secondary N) is 2. The number of hydrogen-bond acceptors (Lipinski definition) is 1. The summed E-state index contributed by atoms with van der Waals surface area (Å²) >= 11 is 10.7. The first kappa shape index (κ1) is 15.0. The van der Waals surface area contributed by atoms with Crippen molar-refractivity contribution >= 4 is 34.6 Å². The van der Waals surface area contributed by atoms with Crippen LogP contribution in [0.2, 0.25) is 5.02 Å². The fourth-order valence-electron chi connectivity index (χ4n) is 1.21. The second kappa shape index (κ2) is 5.75. The lowest BCUT2D eigenvalue weighted by Crippen LogP contribution is -2.34. The van der Waals surface area contributed by atoms with E-state index in [2.05, 4.69) is 10.6 Å². The van der Waals surface area contributed by atoms with E-state index < -0.39 is 11.7 Å². The molecule has 0 bridgehead atoms. The van der Waals surface area contributed by atoms with E-state index in [9.17, 15) is 13.2 Å². The Kier molecular flexibility index (Phi) is 4.81. The zero-order valence-electron chi connectivity index (χ0n) is 9.73. The van der Waals surface area contributed by atoms with E-state index in [1.54, 1.807) is 0 Å². The summed E-state index contributed by atoms with van der Waals surface area (Å²) in [6, 6.07) is 3.19. The van der Waals surface area contributed by atoms with E-state index in [1.165, 1.54) is 6.07 Å². The maximum absolute atomic E-state index is 12.4. The van der Waals surface area contributed by atoms with Crippen molar-refractivity contribution in [3.05, 3.63) is 28.8 Å². The molecular formula is C11H12ClF3N2S.